The van der Waals surface area contributed by atoms with Gasteiger partial charge in [-0.2, -0.15) is 0 Å². The Labute approximate surface area is 108 Å². The minimum absolute atomic E-state index is 0.168. The molecule has 0 aromatic heterocycles. The van der Waals surface area contributed by atoms with Crippen molar-refractivity contribution < 1.29 is 5.11 Å². The monoisotopic (exact) mass is 244 g/mol. The van der Waals surface area contributed by atoms with Gasteiger partial charge in [0.1, 0.15) is 0 Å². The van der Waals surface area contributed by atoms with Crippen LogP contribution in [0.25, 0.3) is 0 Å². The van der Waals surface area contributed by atoms with Gasteiger partial charge in [0.25, 0.3) is 0 Å². The van der Waals surface area contributed by atoms with Crippen LogP contribution in [0.1, 0.15) is 46.5 Å². The van der Waals surface area contributed by atoms with Crippen LogP contribution in [0.3, 0.4) is 0 Å². The summed E-state index contributed by atoms with van der Waals surface area (Å²) in [5.74, 6) is 0. The molecule has 0 aromatic carbocycles. The third-order valence-corrected chi connectivity index (χ3v) is 3.26. The lowest BCUT2D eigenvalue weighted by Crippen LogP contribution is -2.46. The van der Waals surface area contributed by atoms with Gasteiger partial charge in [0, 0.05) is 19.1 Å². The van der Waals surface area contributed by atoms with Crippen LogP contribution in [-0.4, -0.2) is 60.8 Å². The van der Waals surface area contributed by atoms with Crippen LogP contribution in [0.4, 0.5) is 0 Å². The van der Waals surface area contributed by atoms with Gasteiger partial charge in [-0.05, 0) is 39.9 Å². The average molecular weight is 244 g/mol. The first-order chi connectivity index (χ1) is 8.06. The van der Waals surface area contributed by atoms with Crippen molar-refractivity contribution in [3.05, 3.63) is 0 Å². The molecular formula is C14H32N2O. The summed E-state index contributed by atoms with van der Waals surface area (Å²) in [7, 11) is 4.21. The standard InChI is InChI=1S/C14H32N2O/c1-6-9-14(17)13(8-3)16(10-7-2)12-11-15(4)5/h13-14,17H,6-12H2,1-5H3. The molecule has 0 aliphatic heterocycles. The van der Waals surface area contributed by atoms with Gasteiger partial charge >= 0.3 is 0 Å². The van der Waals surface area contributed by atoms with E-state index in [1.54, 1.807) is 0 Å². The lowest BCUT2D eigenvalue weighted by molar-refractivity contribution is 0.0374. The molecule has 0 spiro atoms. The van der Waals surface area contributed by atoms with E-state index in [1.165, 1.54) is 0 Å². The van der Waals surface area contributed by atoms with Gasteiger partial charge in [0.05, 0.1) is 6.10 Å². The predicted octanol–water partition coefficient (Wildman–Crippen LogP) is 2.20. The van der Waals surface area contributed by atoms with E-state index in [2.05, 4.69) is 44.7 Å². The molecule has 0 amide bonds. The highest BCUT2D eigenvalue weighted by molar-refractivity contribution is 4.78. The summed E-state index contributed by atoms with van der Waals surface area (Å²) < 4.78 is 0. The zero-order chi connectivity index (χ0) is 13.3. The molecular weight excluding hydrogens is 212 g/mol. The van der Waals surface area contributed by atoms with Gasteiger partial charge in [-0.1, -0.05) is 27.2 Å². The summed E-state index contributed by atoms with van der Waals surface area (Å²) in [6.45, 7) is 9.74. The zero-order valence-electron chi connectivity index (χ0n) is 12.4. The second-order valence-corrected chi connectivity index (χ2v) is 5.17. The molecule has 17 heavy (non-hydrogen) atoms. The summed E-state index contributed by atoms with van der Waals surface area (Å²) in [5, 5.41) is 10.2. The normalized spacial score (nSPS) is 15.5. The number of hydrogen-bond acceptors (Lipinski definition) is 3. The second-order valence-electron chi connectivity index (χ2n) is 5.17. The molecule has 0 aromatic rings. The van der Waals surface area contributed by atoms with E-state index in [9.17, 15) is 5.11 Å². The number of rotatable bonds is 10. The van der Waals surface area contributed by atoms with Crippen molar-refractivity contribution in [3.63, 3.8) is 0 Å². The Bertz CT molecular complexity index is 174. The van der Waals surface area contributed by atoms with Crippen LogP contribution < -0.4 is 0 Å². The highest BCUT2D eigenvalue weighted by atomic mass is 16.3. The average Bonchev–Trinajstić information content (AvgIpc) is 2.27. The number of aliphatic hydroxyl groups excluding tert-OH is 1. The Balaban J connectivity index is 4.38. The van der Waals surface area contributed by atoms with E-state index in [1.807, 2.05) is 0 Å². The minimum atomic E-state index is -0.168. The van der Waals surface area contributed by atoms with Crippen molar-refractivity contribution in [2.45, 2.75) is 58.6 Å². The maximum absolute atomic E-state index is 10.2. The molecule has 0 heterocycles. The number of aliphatic hydroxyl groups is 1. The van der Waals surface area contributed by atoms with Gasteiger partial charge in [0.2, 0.25) is 0 Å². The van der Waals surface area contributed by atoms with E-state index in [4.69, 9.17) is 0 Å². The summed E-state index contributed by atoms with van der Waals surface area (Å²) in [5.41, 5.74) is 0. The van der Waals surface area contributed by atoms with Crippen molar-refractivity contribution in [2.75, 3.05) is 33.7 Å². The molecule has 0 saturated carbocycles. The van der Waals surface area contributed by atoms with Gasteiger partial charge in [0.15, 0.2) is 0 Å². The smallest absolute Gasteiger partial charge is 0.0695 e. The van der Waals surface area contributed by atoms with Crippen LogP contribution in [0, 0.1) is 0 Å². The van der Waals surface area contributed by atoms with Crippen LogP contribution >= 0.6 is 0 Å². The first-order valence-electron chi connectivity index (χ1n) is 7.13. The third-order valence-electron chi connectivity index (χ3n) is 3.26. The van der Waals surface area contributed by atoms with E-state index in [0.29, 0.717) is 6.04 Å². The van der Waals surface area contributed by atoms with Crippen molar-refractivity contribution in [1.82, 2.24) is 9.80 Å². The van der Waals surface area contributed by atoms with Crippen molar-refractivity contribution in [1.29, 1.82) is 0 Å². The number of hydrogen-bond donors (Lipinski definition) is 1. The largest absolute Gasteiger partial charge is 0.391 e. The summed E-state index contributed by atoms with van der Waals surface area (Å²) in [4.78, 5) is 4.67. The van der Waals surface area contributed by atoms with Gasteiger partial charge < -0.3 is 10.0 Å². The van der Waals surface area contributed by atoms with E-state index in [-0.39, 0.29) is 6.10 Å². The molecule has 3 nitrogen and oxygen atoms in total. The molecule has 0 aliphatic rings. The quantitative estimate of drug-likeness (QED) is 0.638. The molecule has 2 unspecified atom stereocenters. The van der Waals surface area contributed by atoms with Crippen molar-refractivity contribution in [2.24, 2.45) is 0 Å². The van der Waals surface area contributed by atoms with Crippen LogP contribution in [0.5, 0.6) is 0 Å². The fourth-order valence-electron chi connectivity index (χ4n) is 2.32. The molecule has 1 N–H and O–H groups in total. The first-order valence-corrected chi connectivity index (χ1v) is 7.13. The lowest BCUT2D eigenvalue weighted by Gasteiger charge is -2.35. The van der Waals surface area contributed by atoms with E-state index >= 15 is 0 Å². The lowest BCUT2D eigenvalue weighted by atomic mass is 10.0. The third kappa shape index (κ3) is 7.02. The molecule has 2 atom stereocenters. The Morgan fingerprint density at radius 3 is 2.00 bits per heavy atom. The SMILES string of the molecule is CCCC(O)C(CC)N(CCC)CCN(C)C. The van der Waals surface area contributed by atoms with Crippen LogP contribution in [0.2, 0.25) is 0 Å². The Morgan fingerprint density at radius 2 is 1.59 bits per heavy atom. The minimum Gasteiger partial charge on any atom is -0.391 e. The number of nitrogens with zero attached hydrogens (tertiary/aromatic N) is 2. The van der Waals surface area contributed by atoms with Crippen molar-refractivity contribution >= 4 is 0 Å². The first kappa shape index (κ1) is 16.9. The molecule has 0 aliphatic carbocycles. The van der Waals surface area contributed by atoms with Crippen molar-refractivity contribution in [3.8, 4) is 0 Å². The zero-order valence-corrected chi connectivity index (χ0v) is 12.4. The topological polar surface area (TPSA) is 26.7 Å². The molecule has 0 bridgehead atoms. The highest BCUT2D eigenvalue weighted by Gasteiger charge is 2.23. The molecule has 0 rings (SSSR count). The summed E-state index contributed by atoms with van der Waals surface area (Å²) in [6, 6.07) is 0.329. The maximum Gasteiger partial charge on any atom is 0.0695 e. The Morgan fingerprint density at radius 1 is 0.941 bits per heavy atom. The van der Waals surface area contributed by atoms with Crippen LogP contribution in [0.15, 0.2) is 0 Å². The summed E-state index contributed by atoms with van der Waals surface area (Å²) in [6.07, 6.45) is 4.00. The predicted molar refractivity (Wildman–Crippen MR) is 75.4 cm³/mol. The van der Waals surface area contributed by atoms with Crippen LogP contribution in [-0.2, 0) is 0 Å². The fourth-order valence-corrected chi connectivity index (χ4v) is 2.32. The molecule has 3 heteroatoms. The van der Waals surface area contributed by atoms with Gasteiger partial charge in [-0.3, -0.25) is 4.90 Å². The second kappa shape index (κ2) is 9.86. The highest BCUT2D eigenvalue weighted by Crippen LogP contribution is 2.14. The number of likely N-dealkylation sites (N-methyl/N-ethyl adjacent to an activating group) is 1. The van der Waals surface area contributed by atoms with Gasteiger partial charge in [-0.15, -0.1) is 0 Å². The maximum atomic E-state index is 10.2. The molecule has 104 valence electrons. The Kier molecular flexibility index (Phi) is 9.79. The molecule has 0 saturated heterocycles. The fraction of sp³-hybridized carbons (Fsp3) is 1.00. The molecule has 0 radical (unpaired) electrons. The summed E-state index contributed by atoms with van der Waals surface area (Å²) >= 11 is 0. The van der Waals surface area contributed by atoms with Gasteiger partial charge in [-0.25, -0.2) is 0 Å². The Hall–Kier alpha value is -0.120. The van der Waals surface area contributed by atoms with E-state index in [0.717, 1.165) is 45.3 Å². The molecule has 0 fully saturated rings. The van der Waals surface area contributed by atoms with E-state index < -0.39 is 0 Å².